The Labute approximate surface area is 234 Å². The summed E-state index contributed by atoms with van der Waals surface area (Å²) in [6, 6.07) is 18.0. The van der Waals surface area contributed by atoms with Crippen molar-refractivity contribution in [2.45, 2.75) is 6.54 Å². The fourth-order valence-corrected chi connectivity index (χ4v) is 5.38. The van der Waals surface area contributed by atoms with E-state index in [2.05, 4.69) is 25.9 Å². The van der Waals surface area contributed by atoms with E-state index in [9.17, 15) is 18.0 Å². The van der Waals surface area contributed by atoms with Crippen molar-refractivity contribution >= 4 is 55.5 Å². The second-order valence-corrected chi connectivity index (χ2v) is 12.2. The lowest BCUT2D eigenvalue weighted by Gasteiger charge is -2.11. The molecule has 2 aromatic carbocycles. The average molecular weight is 579 g/mol. The number of anilines is 2. The van der Waals surface area contributed by atoms with Gasteiger partial charge in [-0.3, -0.25) is 14.9 Å². The molecule has 0 radical (unpaired) electrons. The van der Waals surface area contributed by atoms with E-state index >= 15 is 0 Å². The van der Waals surface area contributed by atoms with Crippen LogP contribution >= 0.6 is 11.3 Å². The van der Waals surface area contributed by atoms with Gasteiger partial charge in [0.25, 0.3) is 5.91 Å². The lowest BCUT2D eigenvalue weighted by Crippen LogP contribution is -2.26. The maximum atomic E-state index is 13.1. The zero-order valence-corrected chi connectivity index (χ0v) is 23.1. The summed E-state index contributed by atoms with van der Waals surface area (Å²) in [6.07, 6.45) is 4.06. The number of oxazole rings is 1. The molecule has 0 aliphatic carbocycles. The van der Waals surface area contributed by atoms with E-state index in [-0.39, 0.29) is 24.1 Å². The number of nitrogens with one attached hydrogen (secondary N) is 3. The van der Waals surface area contributed by atoms with Gasteiger partial charge in [0.15, 0.2) is 27.8 Å². The van der Waals surface area contributed by atoms with Gasteiger partial charge in [0.2, 0.25) is 5.95 Å². The number of aromatic nitrogens is 3. The molecule has 0 bridgehead atoms. The molecule has 3 aromatic heterocycles. The number of benzene rings is 2. The first-order chi connectivity index (χ1) is 19.3. The quantitative estimate of drug-likeness (QED) is 0.148. The molecule has 0 aliphatic rings. The highest BCUT2D eigenvalue weighted by Crippen LogP contribution is 2.29. The number of nitrogens with zero attached hydrogens (tertiary/aromatic N) is 3. The van der Waals surface area contributed by atoms with Crippen molar-refractivity contribution in [3.05, 3.63) is 83.7 Å². The van der Waals surface area contributed by atoms with Crippen LogP contribution in [-0.4, -0.2) is 59.9 Å². The van der Waals surface area contributed by atoms with Crippen molar-refractivity contribution in [2.24, 2.45) is 0 Å². The molecule has 13 heteroatoms. The standard InChI is InChI=1S/C27H26N6O5S2/c1-40(36,37)17-28-11-12-33-21-8-7-19(30-14-22(34)18-5-3-2-4-6-18)13-20(21)31-27(33)32-26(35)25-10-9-24(39-25)23-15-29-16-38-23/h2-10,13,15-16,28,30H,11-12,14,17H2,1H3,(H,31,32,35). The van der Waals surface area contributed by atoms with E-state index < -0.39 is 9.84 Å². The molecule has 0 fully saturated rings. The topological polar surface area (TPSA) is 148 Å². The summed E-state index contributed by atoms with van der Waals surface area (Å²) in [5.41, 5.74) is 2.66. The molecule has 40 heavy (non-hydrogen) atoms. The number of thiophene rings is 1. The molecule has 0 saturated heterocycles. The minimum atomic E-state index is -3.18. The number of sulfone groups is 1. The van der Waals surface area contributed by atoms with Crippen LogP contribution in [0.5, 0.6) is 0 Å². The maximum absolute atomic E-state index is 13.1. The van der Waals surface area contributed by atoms with Crippen LogP contribution in [0.3, 0.4) is 0 Å². The Bertz CT molecular complexity index is 1740. The lowest BCUT2D eigenvalue weighted by molar-refractivity contribution is 0.100. The van der Waals surface area contributed by atoms with Crippen molar-refractivity contribution in [1.29, 1.82) is 0 Å². The van der Waals surface area contributed by atoms with E-state index in [1.54, 1.807) is 36.5 Å². The van der Waals surface area contributed by atoms with Gasteiger partial charge in [-0.05, 0) is 30.3 Å². The molecule has 3 N–H and O–H groups in total. The number of amides is 1. The van der Waals surface area contributed by atoms with Crippen LogP contribution < -0.4 is 16.0 Å². The van der Waals surface area contributed by atoms with Gasteiger partial charge in [0, 0.05) is 30.6 Å². The first-order valence-electron chi connectivity index (χ1n) is 12.3. The van der Waals surface area contributed by atoms with Crippen LogP contribution in [0.2, 0.25) is 0 Å². The molecule has 11 nitrogen and oxygen atoms in total. The number of imidazole rings is 1. The van der Waals surface area contributed by atoms with Gasteiger partial charge in [-0.25, -0.2) is 18.4 Å². The van der Waals surface area contributed by atoms with Crippen LogP contribution in [0.15, 0.2) is 77.7 Å². The van der Waals surface area contributed by atoms with E-state index in [4.69, 9.17) is 4.42 Å². The number of hydrogen-bond donors (Lipinski definition) is 3. The van der Waals surface area contributed by atoms with Gasteiger partial charge in [-0.15, -0.1) is 11.3 Å². The largest absolute Gasteiger partial charge is 0.443 e. The third-order valence-electron chi connectivity index (χ3n) is 5.90. The van der Waals surface area contributed by atoms with Gasteiger partial charge in [0.1, 0.15) is 0 Å². The zero-order chi connectivity index (χ0) is 28.1. The summed E-state index contributed by atoms with van der Waals surface area (Å²) in [4.78, 5) is 35.4. The van der Waals surface area contributed by atoms with Crippen molar-refractivity contribution in [1.82, 2.24) is 19.9 Å². The van der Waals surface area contributed by atoms with Crippen LogP contribution in [-0.2, 0) is 16.4 Å². The summed E-state index contributed by atoms with van der Waals surface area (Å²) in [5, 5.41) is 8.92. The van der Waals surface area contributed by atoms with Crippen molar-refractivity contribution in [3.63, 3.8) is 0 Å². The SMILES string of the molecule is CS(=O)(=O)CNCCn1c(NC(=O)c2ccc(-c3cnco3)s2)nc2cc(NCC(=O)c3ccccc3)ccc21. The van der Waals surface area contributed by atoms with Crippen LogP contribution in [0, 0.1) is 0 Å². The summed E-state index contributed by atoms with van der Waals surface area (Å²) in [5.74, 6) is 0.331. The number of Topliss-reactive ketones (excluding diaryl/α,β-unsaturated/α-hetero) is 1. The van der Waals surface area contributed by atoms with Gasteiger partial charge in [0.05, 0.1) is 39.4 Å². The van der Waals surface area contributed by atoms with E-state index in [1.165, 1.54) is 17.7 Å². The fourth-order valence-electron chi connectivity index (χ4n) is 4.01. The molecule has 0 spiro atoms. The maximum Gasteiger partial charge on any atom is 0.268 e. The lowest BCUT2D eigenvalue weighted by atomic mass is 10.1. The van der Waals surface area contributed by atoms with Gasteiger partial charge >= 0.3 is 0 Å². The minimum absolute atomic E-state index is 0.0447. The van der Waals surface area contributed by atoms with Gasteiger partial charge < -0.3 is 19.6 Å². The van der Waals surface area contributed by atoms with Gasteiger partial charge in [-0.1, -0.05) is 30.3 Å². The first-order valence-corrected chi connectivity index (χ1v) is 15.2. The molecular weight excluding hydrogens is 552 g/mol. The molecule has 5 aromatic rings. The second kappa shape index (κ2) is 11.8. The third kappa shape index (κ3) is 6.62. The summed E-state index contributed by atoms with van der Waals surface area (Å²) >= 11 is 1.26. The molecule has 5 rings (SSSR count). The third-order valence-corrected chi connectivity index (χ3v) is 7.73. The van der Waals surface area contributed by atoms with Crippen LogP contribution in [0.4, 0.5) is 11.6 Å². The smallest absolute Gasteiger partial charge is 0.268 e. The first kappa shape index (κ1) is 27.2. The minimum Gasteiger partial charge on any atom is -0.443 e. The Balaban J connectivity index is 1.36. The number of fused-ring (bicyclic) bond motifs is 1. The Kier molecular flexibility index (Phi) is 8.05. The molecule has 0 unspecified atom stereocenters. The monoisotopic (exact) mass is 578 g/mol. The predicted octanol–water partition coefficient (Wildman–Crippen LogP) is 3.89. The Morgan fingerprint density at radius 2 is 1.90 bits per heavy atom. The summed E-state index contributed by atoms with van der Waals surface area (Å²) in [7, 11) is -3.18. The number of carbonyl (C=O) groups excluding carboxylic acids is 2. The fraction of sp³-hybridized carbons (Fsp3) is 0.185. The Morgan fingerprint density at radius 1 is 1.07 bits per heavy atom. The van der Waals surface area contributed by atoms with E-state index in [1.807, 2.05) is 34.9 Å². The van der Waals surface area contributed by atoms with E-state index in [0.717, 1.165) is 16.6 Å². The molecule has 0 aliphatic heterocycles. The predicted molar refractivity (Wildman–Crippen MR) is 154 cm³/mol. The molecular formula is C27H26N6O5S2. The molecule has 3 heterocycles. The number of carbonyl (C=O) groups is 2. The number of rotatable bonds is 12. The van der Waals surface area contributed by atoms with E-state index in [0.29, 0.717) is 46.4 Å². The highest BCUT2D eigenvalue weighted by atomic mass is 32.2. The highest BCUT2D eigenvalue weighted by molar-refractivity contribution is 7.90. The van der Waals surface area contributed by atoms with Crippen LogP contribution in [0.25, 0.3) is 21.7 Å². The number of hydrogen-bond acceptors (Lipinski definition) is 10. The molecule has 0 atom stereocenters. The normalized spacial score (nSPS) is 11.5. The van der Waals surface area contributed by atoms with Crippen molar-refractivity contribution in [2.75, 3.05) is 35.9 Å². The molecule has 0 saturated carbocycles. The number of ketones is 1. The average Bonchev–Trinajstić information content (AvgIpc) is 3.70. The Morgan fingerprint density at radius 3 is 2.65 bits per heavy atom. The zero-order valence-electron chi connectivity index (χ0n) is 21.5. The second-order valence-electron chi connectivity index (χ2n) is 8.99. The highest BCUT2D eigenvalue weighted by Gasteiger charge is 2.18. The van der Waals surface area contributed by atoms with Crippen molar-refractivity contribution < 1.29 is 22.4 Å². The summed E-state index contributed by atoms with van der Waals surface area (Å²) in [6.45, 7) is 0.803. The van der Waals surface area contributed by atoms with Crippen molar-refractivity contribution in [3.8, 4) is 10.6 Å². The molecule has 1 amide bonds. The molecule has 206 valence electrons. The summed E-state index contributed by atoms with van der Waals surface area (Å²) < 4.78 is 30.2. The van der Waals surface area contributed by atoms with Crippen LogP contribution in [0.1, 0.15) is 20.0 Å². The Hall–Kier alpha value is -4.33. The van der Waals surface area contributed by atoms with Gasteiger partial charge in [-0.2, -0.15) is 0 Å².